The molecule has 0 aliphatic rings. The van der Waals surface area contributed by atoms with Gasteiger partial charge in [-0.3, -0.25) is 14.4 Å². The van der Waals surface area contributed by atoms with Gasteiger partial charge in [0.1, 0.15) is 13.2 Å². The number of allylic oxidation sites excluding steroid dienone is 14. The molecule has 0 fully saturated rings. The number of unbranched alkanes of at least 4 members (excludes halogenated alkanes) is 24. The van der Waals surface area contributed by atoms with E-state index in [0.29, 0.717) is 19.3 Å². The fraction of sp³-hybridized carbons (Fsp3) is 0.702. The summed E-state index contributed by atoms with van der Waals surface area (Å²) in [6.45, 7) is 6.40. The van der Waals surface area contributed by atoms with Crippen LogP contribution in [0.2, 0.25) is 0 Å². The molecule has 63 heavy (non-hydrogen) atoms. The highest BCUT2D eigenvalue weighted by Gasteiger charge is 2.19. The molecule has 6 heteroatoms. The summed E-state index contributed by atoms with van der Waals surface area (Å²) in [6.07, 6.45) is 65.9. The van der Waals surface area contributed by atoms with Crippen molar-refractivity contribution in [3.63, 3.8) is 0 Å². The zero-order valence-electron chi connectivity index (χ0n) is 41.1. The Kier molecular flexibility index (Phi) is 48.5. The largest absolute Gasteiger partial charge is 0.462 e. The van der Waals surface area contributed by atoms with E-state index < -0.39 is 6.10 Å². The average Bonchev–Trinajstić information content (AvgIpc) is 3.28. The lowest BCUT2D eigenvalue weighted by molar-refractivity contribution is -0.166. The lowest BCUT2D eigenvalue weighted by atomic mass is 10.1. The highest BCUT2D eigenvalue weighted by Crippen LogP contribution is 2.14. The third-order valence-electron chi connectivity index (χ3n) is 11.0. The number of carbonyl (C=O) groups is 3. The second kappa shape index (κ2) is 51.2. The summed E-state index contributed by atoms with van der Waals surface area (Å²) in [4.78, 5) is 37.9. The normalized spacial score (nSPS) is 12.7. The van der Waals surface area contributed by atoms with Gasteiger partial charge in [-0.05, 0) is 83.5 Å². The minimum atomic E-state index is -0.820. The minimum Gasteiger partial charge on any atom is -0.462 e. The first kappa shape index (κ1) is 59.6. The maximum absolute atomic E-state index is 12.8. The SMILES string of the molecule is CC/C=C/C=C/C=C/C=C/CCCCCC(=O)OC(COC(=O)CC/C=C/C/C=C/CCCCCCCC)COC(=O)CCCCCCCCC/C=C/CCCCCCCCCC. The first-order valence-corrected chi connectivity index (χ1v) is 26.1. The van der Waals surface area contributed by atoms with E-state index in [1.54, 1.807) is 0 Å². The van der Waals surface area contributed by atoms with Gasteiger partial charge in [-0.2, -0.15) is 0 Å². The van der Waals surface area contributed by atoms with E-state index in [1.807, 2.05) is 42.5 Å². The van der Waals surface area contributed by atoms with Crippen molar-refractivity contribution >= 4 is 17.9 Å². The predicted molar refractivity (Wildman–Crippen MR) is 270 cm³/mol. The number of esters is 3. The Labute approximate surface area is 388 Å². The van der Waals surface area contributed by atoms with Crippen molar-refractivity contribution in [1.29, 1.82) is 0 Å². The number of hydrogen-bond donors (Lipinski definition) is 0. The van der Waals surface area contributed by atoms with Crippen LogP contribution in [0.5, 0.6) is 0 Å². The van der Waals surface area contributed by atoms with Gasteiger partial charge in [0.05, 0.1) is 0 Å². The Morgan fingerprint density at radius 3 is 1.22 bits per heavy atom. The van der Waals surface area contributed by atoms with E-state index in [2.05, 4.69) is 63.3 Å². The summed E-state index contributed by atoms with van der Waals surface area (Å²) < 4.78 is 16.7. The Hall–Kier alpha value is -3.41. The van der Waals surface area contributed by atoms with Gasteiger partial charge in [-0.1, -0.05) is 221 Å². The minimum absolute atomic E-state index is 0.112. The quantitative estimate of drug-likeness (QED) is 0.0199. The molecule has 360 valence electrons. The van der Waals surface area contributed by atoms with Gasteiger partial charge < -0.3 is 14.2 Å². The Morgan fingerprint density at radius 2 is 0.714 bits per heavy atom. The van der Waals surface area contributed by atoms with Crippen LogP contribution in [0.1, 0.15) is 239 Å². The van der Waals surface area contributed by atoms with Gasteiger partial charge in [-0.15, -0.1) is 0 Å². The van der Waals surface area contributed by atoms with E-state index in [0.717, 1.165) is 57.8 Å². The van der Waals surface area contributed by atoms with E-state index >= 15 is 0 Å². The molecule has 0 aromatic carbocycles. The number of rotatable bonds is 46. The van der Waals surface area contributed by atoms with Crippen LogP contribution in [0.4, 0.5) is 0 Å². The number of carbonyl (C=O) groups excluding carboxylic acids is 3. The Bertz CT molecular complexity index is 1240. The maximum Gasteiger partial charge on any atom is 0.306 e. The summed E-state index contributed by atoms with van der Waals surface area (Å²) in [5.74, 6) is -1.03. The molecule has 1 atom stereocenters. The van der Waals surface area contributed by atoms with Crippen LogP contribution in [0.15, 0.2) is 85.1 Å². The van der Waals surface area contributed by atoms with E-state index in [1.165, 1.54) is 128 Å². The molecule has 1 unspecified atom stereocenters. The molecule has 0 spiro atoms. The topological polar surface area (TPSA) is 78.9 Å². The molecule has 0 aromatic rings. The van der Waals surface area contributed by atoms with Crippen molar-refractivity contribution in [2.45, 2.75) is 245 Å². The molecule has 0 aromatic heterocycles. The van der Waals surface area contributed by atoms with Crippen LogP contribution in [-0.2, 0) is 28.6 Å². The van der Waals surface area contributed by atoms with Crippen molar-refractivity contribution in [3.8, 4) is 0 Å². The number of hydrogen-bond acceptors (Lipinski definition) is 6. The molecule has 0 radical (unpaired) electrons. The summed E-state index contributed by atoms with van der Waals surface area (Å²) in [6, 6.07) is 0. The predicted octanol–water partition coefficient (Wildman–Crippen LogP) is 17.2. The van der Waals surface area contributed by atoms with Crippen molar-refractivity contribution in [3.05, 3.63) is 85.1 Å². The highest BCUT2D eigenvalue weighted by atomic mass is 16.6. The van der Waals surface area contributed by atoms with E-state index in [4.69, 9.17) is 14.2 Å². The average molecular weight is 877 g/mol. The summed E-state index contributed by atoms with van der Waals surface area (Å²) >= 11 is 0. The van der Waals surface area contributed by atoms with Crippen LogP contribution in [0.25, 0.3) is 0 Å². The zero-order valence-corrected chi connectivity index (χ0v) is 41.1. The van der Waals surface area contributed by atoms with Crippen LogP contribution in [0.3, 0.4) is 0 Å². The summed E-state index contributed by atoms with van der Waals surface area (Å²) in [5, 5.41) is 0. The molecule has 0 amide bonds. The Morgan fingerprint density at radius 1 is 0.349 bits per heavy atom. The van der Waals surface area contributed by atoms with Gasteiger partial charge in [0.15, 0.2) is 6.10 Å². The van der Waals surface area contributed by atoms with Gasteiger partial charge in [0, 0.05) is 19.3 Å². The summed E-state index contributed by atoms with van der Waals surface area (Å²) in [5.41, 5.74) is 0. The van der Waals surface area contributed by atoms with Crippen molar-refractivity contribution in [1.82, 2.24) is 0 Å². The van der Waals surface area contributed by atoms with Crippen LogP contribution >= 0.6 is 0 Å². The summed E-state index contributed by atoms with van der Waals surface area (Å²) in [7, 11) is 0. The Balaban J connectivity index is 4.45. The number of ether oxygens (including phenoxy) is 3. The molecular formula is C57H96O6. The molecule has 6 nitrogen and oxygen atoms in total. The van der Waals surface area contributed by atoms with Crippen LogP contribution in [-0.4, -0.2) is 37.2 Å². The second-order valence-electron chi connectivity index (χ2n) is 17.1. The van der Waals surface area contributed by atoms with Gasteiger partial charge >= 0.3 is 17.9 Å². The first-order chi connectivity index (χ1) is 31.0. The highest BCUT2D eigenvalue weighted by molar-refractivity contribution is 5.71. The molecular weight excluding hydrogens is 781 g/mol. The standard InChI is InChI=1S/C57H96O6/c1-4-7-10-13-16-19-22-25-26-27-28-29-30-33-35-38-41-44-47-50-56(59)62-53-54(63-57(60)51-48-45-42-39-36-32-24-21-18-15-12-9-6-3)52-61-55(58)49-46-43-40-37-34-31-23-20-17-14-11-8-5-2/h9,12,15,18,21,24,27-28,31-32,34,36,40,43,54H,4-8,10-11,13-14,16-17,19-20,22-23,25-26,29-30,33,35,37-39,41-42,44-53H2,1-3H3/b12-9+,18-15+,24-21+,28-27+,34-31+,36-32+,43-40+. The maximum atomic E-state index is 12.8. The van der Waals surface area contributed by atoms with Crippen molar-refractivity contribution in [2.24, 2.45) is 0 Å². The third kappa shape index (κ3) is 49.5. The molecule has 0 rings (SSSR count). The van der Waals surface area contributed by atoms with Crippen LogP contribution in [0, 0.1) is 0 Å². The van der Waals surface area contributed by atoms with E-state index in [-0.39, 0.29) is 44.0 Å². The van der Waals surface area contributed by atoms with Crippen molar-refractivity contribution in [2.75, 3.05) is 13.2 Å². The molecule has 0 bridgehead atoms. The van der Waals surface area contributed by atoms with E-state index in [9.17, 15) is 14.4 Å². The second-order valence-corrected chi connectivity index (χ2v) is 17.1. The molecule has 0 aliphatic carbocycles. The molecule has 0 saturated carbocycles. The van der Waals surface area contributed by atoms with Crippen molar-refractivity contribution < 1.29 is 28.6 Å². The smallest absolute Gasteiger partial charge is 0.306 e. The lowest BCUT2D eigenvalue weighted by Crippen LogP contribution is -2.30. The third-order valence-corrected chi connectivity index (χ3v) is 11.0. The first-order valence-electron chi connectivity index (χ1n) is 26.1. The lowest BCUT2D eigenvalue weighted by Gasteiger charge is -2.18. The van der Waals surface area contributed by atoms with Gasteiger partial charge in [0.25, 0.3) is 0 Å². The van der Waals surface area contributed by atoms with Gasteiger partial charge in [0.2, 0.25) is 0 Å². The molecule has 0 saturated heterocycles. The van der Waals surface area contributed by atoms with Gasteiger partial charge in [-0.25, -0.2) is 0 Å². The monoisotopic (exact) mass is 877 g/mol. The van der Waals surface area contributed by atoms with Crippen LogP contribution < -0.4 is 0 Å². The molecule has 0 aliphatic heterocycles. The molecule has 0 heterocycles. The fourth-order valence-corrected chi connectivity index (χ4v) is 7.03. The zero-order chi connectivity index (χ0) is 45.8. The fourth-order valence-electron chi connectivity index (χ4n) is 7.03. The molecule has 0 N–H and O–H groups in total.